The smallest absolute Gasteiger partial charge is 0.138 e. The summed E-state index contributed by atoms with van der Waals surface area (Å²) in [5.41, 5.74) is 10.3. The number of anilines is 1. The van der Waals surface area contributed by atoms with Crippen LogP contribution in [-0.2, 0) is 0 Å². The number of rotatable bonds is 1. The summed E-state index contributed by atoms with van der Waals surface area (Å²) in [6.07, 6.45) is 0. The number of nitrogens with zero attached hydrogens (tertiary/aromatic N) is 1. The minimum absolute atomic E-state index is 0.655. The van der Waals surface area contributed by atoms with Gasteiger partial charge in [-0.3, -0.25) is 0 Å². The van der Waals surface area contributed by atoms with E-state index in [2.05, 4.69) is 25.9 Å². The van der Waals surface area contributed by atoms with Crippen molar-refractivity contribution in [2.24, 2.45) is 0 Å². The molecule has 1 heterocycles. The van der Waals surface area contributed by atoms with Gasteiger partial charge in [0, 0.05) is 15.7 Å². The number of hydrogen-bond acceptors (Lipinski definition) is 2. The van der Waals surface area contributed by atoms with Crippen LogP contribution in [0.4, 0.5) is 5.69 Å². The minimum Gasteiger partial charge on any atom is -0.398 e. The SMILES string of the molecule is Cc1cc(Cl)c2nc(-c3ccc(Br)c(N)c3)[nH]c2c1. The van der Waals surface area contributed by atoms with Crippen molar-refractivity contribution in [1.82, 2.24) is 9.97 Å². The Labute approximate surface area is 123 Å². The van der Waals surface area contributed by atoms with Crippen molar-refractivity contribution >= 4 is 44.3 Å². The summed E-state index contributed by atoms with van der Waals surface area (Å²) in [7, 11) is 0. The number of aromatic nitrogens is 2. The van der Waals surface area contributed by atoms with Gasteiger partial charge in [-0.15, -0.1) is 0 Å². The number of nitrogens with one attached hydrogen (secondary N) is 1. The second-order valence-corrected chi connectivity index (χ2v) is 5.73. The van der Waals surface area contributed by atoms with Gasteiger partial charge in [0.05, 0.1) is 10.5 Å². The van der Waals surface area contributed by atoms with Crippen molar-refractivity contribution in [3.05, 3.63) is 45.4 Å². The number of aryl methyl sites for hydroxylation is 1. The van der Waals surface area contributed by atoms with Crippen molar-refractivity contribution in [2.75, 3.05) is 5.73 Å². The lowest BCUT2D eigenvalue weighted by molar-refractivity contribution is 1.33. The molecule has 3 N–H and O–H groups in total. The second kappa shape index (κ2) is 4.54. The summed E-state index contributed by atoms with van der Waals surface area (Å²) in [5, 5.41) is 0.655. The van der Waals surface area contributed by atoms with Crippen LogP contribution in [-0.4, -0.2) is 9.97 Å². The normalized spacial score (nSPS) is 11.1. The van der Waals surface area contributed by atoms with Crippen LogP contribution in [0.3, 0.4) is 0 Å². The maximum absolute atomic E-state index is 6.20. The van der Waals surface area contributed by atoms with Crippen LogP contribution in [0.5, 0.6) is 0 Å². The Bertz CT molecular complexity index is 780. The van der Waals surface area contributed by atoms with Crippen molar-refractivity contribution < 1.29 is 0 Å². The lowest BCUT2D eigenvalue weighted by Gasteiger charge is -2.00. The Morgan fingerprint density at radius 2 is 2.05 bits per heavy atom. The topological polar surface area (TPSA) is 54.7 Å². The lowest BCUT2D eigenvalue weighted by Crippen LogP contribution is -1.88. The maximum atomic E-state index is 6.20. The molecule has 3 rings (SSSR count). The average Bonchev–Trinajstić information content (AvgIpc) is 2.76. The number of nitrogens with two attached hydrogens (primary N) is 1. The molecule has 96 valence electrons. The third kappa shape index (κ3) is 2.22. The fourth-order valence-electron chi connectivity index (χ4n) is 2.04. The van der Waals surface area contributed by atoms with Gasteiger partial charge in [0.2, 0.25) is 0 Å². The zero-order chi connectivity index (χ0) is 13.6. The minimum atomic E-state index is 0.655. The third-order valence-electron chi connectivity index (χ3n) is 2.95. The van der Waals surface area contributed by atoms with Crippen LogP contribution in [0.25, 0.3) is 22.4 Å². The predicted molar refractivity (Wildman–Crippen MR) is 83.4 cm³/mol. The van der Waals surface area contributed by atoms with E-state index >= 15 is 0 Å². The van der Waals surface area contributed by atoms with Crippen LogP contribution in [0.2, 0.25) is 5.02 Å². The van der Waals surface area contributed by atoms with Gasteiger partial charge in [-0.1, -0.05) is 11.6 Å². The Morgan fingerprint density at radius 3 is 2.79 bits per heavy atom. The monoisotopic (exact) mass is 335 g/mol. The summed E-state index contributed by atoms with van der Waals surface area (Å²) in [5.74, 6) is 0.765. The third-order valence-corrected chi connectivity index (χ3v) is 3.96. The number of hydrogen-bond donors (Lipinski definition) is 2. The van der Waals surface area contributed by atoms with Gasteiger partial charge in [-0.25, -0.2) is 4.98 Å². The van der Waals surface area contributed by atoms with Gasteiger partial charge in [-0.05, 0) is 58.7 Å². The summed E-state index contributed by atoms with van der Waals surface area (Å²) < 4.78 is 0.876. The Kier molecular flexibility index (Phi) is 2.99. The Morgan fingerprint density at radius 1 is 1.26 bits per heavy atom. The van der Waals surface area contributed by atoms with Crippen LogP contribution >= 0.6 is 27.5 Å². The molecule has 19 heavy (non-hydrogen) atoms. The van der Waals surface area contributed by atoms with Gasteiger partial charge in [0.1, 0.15) is 11.3 Å². The van der Waals surface area contributed by atoms with Gasteiger partial charge in [0.15, 0.2) is 0 Å². The number of imidazole rings is 1. The van der Waals surface area contributed by atoms with Crippen LogP contribution in [0.1, 0.15) is 5.56 Å². The lowest BCUT2D eigenvalue weighted by atomic mass is 10.2. The van der Waals surface area contributed by atoms with Gasteiger partial charge in [0.25, 0.3) is 0 Å². The molecule has 1 aromatic heterocycles. The van der Waals surface area contributed by atoms with E-state index in [9.17, 15) is 0 Å². The van der Waals surface area contributed by atoms with E-state index in [1.165, 1.54) is 0 Å². The molecule has 0 aliphatic rings. The first-order valence-electron chi connectivity index (χ1n) is 5.76. The summed E-state index contributed by atoms with van der Waals surface area (Å²) >= 11 is 9.59. The molecule has 0 fully saturated rings. The highest BCUT2D eigenvalue weighted by Gasteiger charge is 2.09. The molecule has 0 saturated heterocycles. The molecule has 0 aliphatic carbocycles. The summed E-state index contributed by atoms with van der Waals surface area (Å²) in [6, 6.07) is 9.68. The number of halogens is 2. The molecule has 0 spiro atoms. The van der Waals surface area contributed by atoms with Crippen molar-refractivity contribution in [3.63, 3.8) is 0 Å². The number of aromatic amines is 1. The van der Waals surface area contributed by atoms with E-state index in [1.54, 1.807) is 0 Å². The standard InChI is InChI=1S/C14H11BrClN3/c1-7-4-10(16)13-12(5-7)18-14(19-13)8-2-3-9(15)11(17)6-8/h2-6H,17H2,1H3,(H,18,19). The molecule has 0 aliphatic heterocycles. The fraction of sp³-hybridized carbons (Fsp3) is 0.0714. The van der Waals surface area contributed by atoms with Crippen LogP contribution < -0.4 is 5.73 Å². The number of benzene rings is 2. The molecule has 3 aromatic rings. The largest absolute Gasteiger partial charge is 0.398 e. The Hall–Kier alpha value is -1.52. The highest BCUT2D eigenvalue weighted by atomic mass is 79.9. The second-order valence-electron chi connectivity index (χ2n) is 4.46. The maximum Gasteiger partial charge on any atom is 0.138 e. The molecule has 0 bridgehead atoms. The highest BCUT2D eigenvalue weighted by Crippen LogP contribution is 2.29. The van der Waals surface area contributed by atoms with Gasteiger partial charge in [-0.2, -0.15) is 0 Å². The Balaban J connectivity index is 2.20. The van der Waals surface area contributed by atoms with Crippen molar-refractivity contribution in [2.45, 2.75) is 6.92 Å². The fourth-order valence-corrected chi connectivity index (χ4v) is 2.60. The summed E-state index contributed by atoms with van der Waals surface area (Å²) in [4.78, 5) is 7.81. The van der Waals surface area contributed by atoms with E-state index in [0.29, 0.717) is 10.7 Å². The number of nitrogen functional groups attached to an aromatic ring is 1. The zero-order valence-corrected chi connectivity index (χ0v) is 12.5. The van der Waals surface area contributed by atoms with E-state index in [4.69, 9.17) is 17.3 Å². The predicted octanol–water partition coefficient (Wildman–Crippen LogP) is 4.54. The van der Waals surface area contributed by atoms with E-state index in [0.717, 1.165) is 32.5 Å². The number of H-pyrrole nitrogens is 1. The molecule has 0 radical (unpaired) electrons. The van der Waals surface area contributed by atoms with Crippen molar-refractivity contribution in [1.29, 1.82) is 0 Å². The quantitative estimate of drug-likeness (QED) is 0.641. The first-order valence-corrected chi connectivity index (χ1v) is 6.93. The molecule has 0 saturated carbocycles. The van der Waals surface area contributed by atoms with Crippen LogP contribution in [0, 0.1) is 6.92 Å². The average molecular weight is 337 g/mol. The van der Waals surface area contributed by atoms with Crippen LogP contribution in [0.15, 0.2) is 34.8 Å². The zero-order valence-electron chi connectivity index (χ0n) is 10.2. The number of fused-ring (bicyclic) bond motifs is 1. The molecular weight excluding hydrogens is 326 g/mol. The molecule has 0 atom stereocenters. The van der Waals surface area contributed by atoms with E-state index < -0.39 is 0 Å². The summed E-state index contributed by atoms with van der Waals surface area (Å²) in [6.45, 7) is 2.00. The molecule has 2 aromatic carbocycles. The van der Waals surface area contributed by atoms with Gasteiger partial charge < -0.3 is 10.7 Å². The molecular formula is C14H11BrClN3. The molecule has 5 heteroatoms. The molecule has 0 amide bonds. The van der Waals surface area contributed by atoms with E-state index in [1.807, 2.05) is 37.3 Å². The van der Waals surface area contributed by atoms with Crippen molar-refractivity contribution in [3.8, 4) is 11.4 Å². The first kappa shape index (κ1) is 12.5. The highest BCUT2D eigenvalue weighted by molar-refractivity contribution is 9.10. The van der Waals surface area contributed by atoms with E-state index in [-0.39, 0.29) is 0 Å². The molecule has 0 unspecified atom stereocenters. The first-order chi connectivity index (χ1) is 9.04. The van der Waals surface area contributed by atoms with Gasteiger partial charge >= 0.3 is 0 Å². The molecule has 3 nitrogen and oxygen atoms in total.